The van der Waals surface area contributed by atoms with Crippen LogP contribution in [0.5, 0.6) is 0 Å². The number of anilines is 1. The zero-order valence-electron chi connectivity index (χ0n) is 13.6. The quantitative estimate of drug-likeness (QED) is 0.601. The van der Waals surface area contributed by atoms with Gasteiger partial charge in [-0.15, -0.1) is 10.2 Å². The van der Waals surface area contributed by atoms with Gasteiger partial charge in [0.25, 0.3) is 5.91 Å². The van der Waals surface area contributed by atoms with Crippen molar-refractivity contribution in [3.05, 3.63) is 89.0 Å². The summed E-state index contributed by atoms with van der Waals surface area (Å²) in [5.41, 5.74) is 3.33. The van der Waals surface area contributed by atoms with Gasteiger partial charge < -0.3 is 5.32 Å². The van der Waals surface area contributed by atoms with Crippen LogP contribution in [0.4, 0.5) is 5.82 Å². The summed E-state index contributed by atoms with van der Waals surface area (Å²) in [5, 5.41) is 11.2. The van der Waals surface area contributed by atoms with Crippen molar-refractivity contribution in [1.82, 2.24) is 19.6 Å². The van der Waals surface area contributed by atoms with Crippen LogP contribution in [0.1, 0.15) is 21.5 Å². The molecule has 4 aromatic rings. The van der Waals surface area contributed by atoms with Crippen LogP contribution in [0.15, 0.2) is 67.3 Å². The van der Waals surface area contributed by atoms with Crippen molar-refractivity contribution < 1.29 is 4.79 Å². The van der Waals surface area contributed by atoms with Gasteiger partial charge in [0.1, 0.15) is 12.1 Å². The molecule has 1 amide bonds. The van der Waals surface area contributed by atoms with Crippen LogP contribution in [0.3, 0.4) is 0 Å². The number of nitrogens with one attached hydrogen (secondary N) is 1. The summed E-state index contributed by atoms with van der Waals surface area (Å²) in [6.45, 7) is 0. The lowest BCUT2D eigenvalue weighted by Gasteiger charge is -2.07. The monoisotopic (exact) mass is 363 g/mol. The van der Waals surface area contributed by atoms with Gasteiger partial charge in [0, 0.05) is 17.4 Å². The molecule has 128 valence electrons. The van der Waals surface area contributed by atoms with Crippen LogP contribution in [-0.4, -0.2) is 25.5 Å². The lowest BCUT2D eigenvalue weighted by molar-refractivity contribution is 0.102. The zero-order valence-corrected chi connectivity index (χ0v) is 14.4. The fourth-order valence-electron chi connectivity index (χ4n) is 2.64. The number of halogens is 1. The van der Waals surface area contributed by atoms with E-state index in [1.54, 1.807) is 41.3 Å². The highest BCUT2D eigenvalue weighted by atomic mass is 35.5. The number of fused-ring (bicyclic) bond motifs is 1. The van der Waals surface area contributed by atoms with E-state index in [9.17, 15) is 4.79 Å². The second kappa shape index (κ2) is 6.93. The van der Waals surface area contributed by atoms with Crippen molar-refractivity contribution in [2.24, 2.45) is 0 Å². The Kier molecular flexibility index (Phi) is 4.33. The molecule has 1 aromatic carbocycles. The normalized spacial score (nSPS) is 10.8. The predicted octanol–water partition coefficient (Wildman–Crippen LogP) is 3.62. The molecule has 0 atom stereocenters. The molecule has 0 aliphatic carbocycles. The fourth-order valence-corrected chi connectivity index (χ4v) is 2.85. The molecule has 7 heteroatoms. The van der Waals surface area contributed by atoms with Gasteiger partial charge >= 0.3 is 0 Å². The predicted molar refractivity (Wildman–Crippen MR) is 99.4 cm³/mol. The first-order valence-electron chi connectivity index (χ1n) is 7.97. The van der Waals surface area contributed by atoms with Gasteiger partial charge in [-0.25, -0.2) is 4.98 Å². The third-order valence-corrected chi connectivity index (χ3v) is 4.15. The number of aromatic nitrogens is 4. The molecule has 0 saturated carbocycles. The molecule has 0 saturated heterocycles. The van der Waals surface area contributed by atoms with Crippen LogP contribution in [-0.2, 0) is 6.42 Å². The smallest absolute Gasteiger partial charge is 0.258 e. The Bertz CT molecular complexity index is 1070. The van der Waals surface area contributed by atoms with Crippen LogP contribution < -0.4 is 5.32 Å². The molecule has 0 aliphatic rings. The van der Waals surface area contributed by atoms with E-state index in [0.717, 1.165) is 17.5 Å². The van der Waals surface area contributed by atoms with Gasteiger partial charge in [0.15, 0.2) is 5.65 Å². The summed E-state index contributed by atoms with van der Waals surface area (Å²) in [6, 6.07) is 14.9. The Morgan fingerprint density at radius 1 is 1.12 bits per heavy atom. The van der Waals surface area contributed by atoms with E-state index >= 15 is 0 Å². The molecule has 1 N–H and O–H groups in total. The summed E-state index contributed by atoms with van der Waals surface area (Å²) in [7, 11) is 0. The Morgan fingerprint density at radius 3 is 2.85 bits per heavy atom. The highest BCUT2D eigenvalue weighted by molar-refractivity contribution is 6.30. The minimum atomic E-state index is -0.240. The van der Waals surface area contributed by atoms with E-state index in [4.69, 9.17) is 11.6 Å². The van der Waals surface area contributed by atoms with Gasteiger partial charge in [-0.2, -0.15) is 0 Å². The minimum Gasteiger partial charge on any atom is -0.307 e. The first-order valence-corrected chi connectivity index (χ1v) is 8.35. The maximum absolute atomic E-state index is 12.4. The number of pyridine rings is 2. The summed E-state index contributed by atoms with van der Waals surface area (Å²) in [5.74, 6) is 0.254. The van der Waals surface area contributed by atoms with Crippen LogP contribution in [0.2, 0.25) is 5.02 Å². The zero-order chi connectivity index (χ0) is 17.9. The van der Waals surface area contributed by atoms with Crippen molar-refractivity contribution in [1.29, 1.82) is 0 Å². The lowest BCUT2D eigenvalue weighted by atomic mass is 10.1. The number of carbonyl (C=O) groups is 1. The molecule has 0 unspecified atom stereocenters. The Hall–Kier alpha value is -3.25. The summed E-state index contributed by atoms with van der Waals surface area (Å²) in [6.07, 6.45) is 5.71. The fraction of sp³-hybridized carbons (Fsp3) is 0.0526. The Labute approximate surface area is 154 Å². The molecule has 6 nitrogen and oxygen atoms in total. The largest absolute Gasteiger partial charge is 0.307 e. The number of hydrogen-bond donors (Lipinski definition) is 1. The molecular formula is C19H14ClN5O. The van der Waals surface area contributed by atoms with Crippen LogP contribution >= 0.6 is 11.6 Å². The van der Waals surface area contributed by atoms with Crippen molar-refractivity contribution >= 4 is 29.0 Å². The molecule has 26 heavy (non-hydrogen) atoms. The Morgan fingerprint density at radius 2 is 2.04 bits per heavy atom. The first-order chi connectivity index (χ1) is 12.7. The van der Waals surface area contributed by atoms with Crippen molar-refractivity contribution in [3.8, 4) is 0 Å². The van der Waals surface area contributed by atoms with Gasteiger partial charge in [0.2, 0.25) is 0 Å². The average Bonchev–Trinajstić information content (AvgIpc) is 3.11. The number of benzene rings is 1. The third-order valence-electron chi connectivity index (χ3n) is 3.92. The van der Waals surface area contributed by atoms with Crippen molar-refractivity contribution in [3.63, 3.8) is 0 Å². The SMILES string of the molecule is O=C(Nc1ccc(Cc2cccc(Cl)c2)cn1)c1ccc2nncn2c1. The van der Waals surface area contributed by atoms with Gasteiger partial charge in [-0.1, -0.05) is 29.8 Å². The topological polar surface area (TPSA) is 72.2 Å². The van der Waals surface area contributed by atoms with E-state index in [-0.39, 0.29) is 5.91 Å². The maximum atomic E-state index is 12.4. The van der Waals surface area contributed by atoms with E-state index < -0.39 is 0 Å². The second-order valence-electron chi connectivity index (χ2n) is 5.83. The molecule has 0 spiro atoms. The lowest BCUT2D eigenvalue weighted by Crippen LogP contribution is -2.13. The highest BCUT2D eigenvalue weighted by Crippen LogP contribution is 2.15. The van der Waals surface area contributed by atoms with Crippen molar-refractivity contribution in [2.75, 3.05) is 5.32 Å². The summed E-state index contributed by atoms with van der Waals surface area (Å²) >= 11 is 6.01. The number of nitrogens with zero attached hydrogens (tertiary/aromatic N) is 4. The molecule has 0 radical (unpaired) electrons. The number of rotatable bonds is 4. The molecule has 3 aromatic heterocycles. The van der Waals surface area contributed by atoms with E-state index in [2.05, 4.69) is 20.5 Å². The van der Waals surface area contributed by atoms with E-state index in [1.807, 2.05) is 30.3 Å². The number of hydrogen-bond acceptors (Lipinski definition) is 4. The second-order valence-corrected chi connectivity index (χ2v) is 6.26. The summed E-state index contributed by atoms with van der Waals surface area (Å²) < 4.78 is 1.69. The Balaban J connectivity index is 1.45. The van der Waals surface area contributed by atoms with E-state index in [1.165, 1.54) is 0 Å². The van der Waals surface area contributed by atoms with Gasteiger partial charge in [-0.05, 0) is 47.9 Å². The maximum Gasteiger partial charge on any atom is 0.258 e. The molecule has 0 fully saturated rings. The van der Waals surface area contributed by atoms with Crippen molar-refractivity contribution in [2.45, 2.75) is 6.42 Å². The summed E-state index contributed by atoms with van der Waals surface area (Å²) in [4.78, 5) is 16.7. The first kappa shape index (κ1) is 16.2. The standard InChI is InChI=1S/C19H14ClN5O/c20-16-3-1-2-13(9-16)8-14-4-6-17(21-10-14)23-19(26)15-5-7-18-24-22-12-25(18)11-15/h1-7,9-12H,8H2,(H,21,23,26). The molecule has 3 heterocycles. The van der Waals surface area contributed by atoms with Crippen LogP contribution in [0, 0.1) is 0 Å². The minimum absolute atomic E-state index is 0.240. The molecule has 4 rings (SSSR count). The van der Waals surface area contributed by atoms with E-state index in [0.29, 0.717) is 22.1 Å². The molecule has 0 aliphatic heterocycles. The average molecular weight is 364 g/mol. The molecule has 0 bridgehead atoms. The van der Waals surface area contributed by atoms with Gasteiger partial charge in [0.05, 0.1) is 5.56 Å². The van der Waals surface area contributed by atoms with Gasteiger partial charge in [-0.3, -0.25) is 9.20 Å². The number of amides is 1. The molecular weight excluding hydrogens is 350 g/mol. The highest BCUT2D eigenvalue weighted by Gasteiger charge is 2.08. The number of carbonyl (C=O) groups excluding carboxylic acids is 1. The van der Waals surface area contributed by atoms with Crippen LogP contribution in [0.25, 0.3) is 5.65 Å². The third kappa shape index (κ3) is 3.55.